The summed E-state index contributed by atoms with van der Waals surface area (Å²) in [6.45, 7) is 3.28. The Bertz CT molecular complexity index is 925. The van der Waals surface area contributed by atoms with E-state index in [9.17, 15) is 13.2 Å². The first kappa shape index (κ1) is 19.3. The number of amides is 1. The number of rotatable bonds is 4. The Morgan fingerprint density at radius 3 is 2.54 bits per heavy atom. The molecule has 0 saturated carbocycles. The van der Waals surface area contributed by atoms with Crippen LogP contribution in [0.1, 0.15) is 15.9 Å². The summed E-state index contributed by atoms with van der Waals surface area (Å²) >= 11 is 2.10. The van der Waals surface area contributed by atoms with Gasteiger partial charge in [0.2, 0.25) is 10.0 Å². The number of nitrogens with one attached hydrogen (secondary N) is 1. The van der Waals surface area contributed by atoms with E-state index >= 15 is 0 Å². The fraction of sp³-hybridized carbons (Fsp3) is 0.278. The van der Waals surface area contributed by atoms with Gasteiger partial charge in [0.1, 0.15) is 0 Å². The Balaban J connectivity index is 1.88. The first-order valence-electron chi connectivity index (χ1n) is 8.14. The molecule has 3 rings (SSSR count). The van der Waals surface area contributed by atoms with E-state index in [4.69, 9.17) is 4.74 Å². The monoisotopic (exact) mass is 486 g/mol. The highest BCUT2D eigenvalue weighted by atomic mass is 127. The zero-order valence-corrected chi connectivity index (χ0v) is 17.2. The standard InChI is InChI=1S/C18H19IN2O4S/c1-13-6-7-14(26(23,24)21-8-10-25-11-9-21)12-17(13)20-18(22)15-4-2-3-5-16(15)19/h2-7,12H,8-11H2,1H3,(H,20,22). The van der Waals surface area contributed by atoms with Crippen LogP contribution in [0.2, 0.25) is 0 Å². The number of anilines is 1. The van der Waals surface area contributed by atoms with E-state index in [1.54, 1.807) is 24.3 Å². The number of aryl methyl sites for hydroxylation is 1. The second kappa shape index (κ2) is 8.03. The smallest absolute Gasteiger partial charge is 0.256 e. The van der Waals surface area contributed by atoms with Gasteiger partial charge in [-0.1, -0.05) is 18.2 Å². The van der Waals surface area contributed by atoms with Gasteiger partial charge in [-0.3, -0.25) is 4.79 Å². The molecule has 0 aliphatic carbocycles. The van der Waals surface area contributed by atoms with Crippen molar-refractivity contribution < 1.29 is 17.9 Å². The van der Waals surface area contributed by atoms with Crippen LogP contribution in [-0.2, 0) is 14.8 Å². The van der Waals surface area contributed by atoms with Gasteiger partial charge in [0.05, 0.1) is 23.7 Å². The van der Waals surface area contributed by atoms with Gasteiger partial charge in [-0.05, 0) is 59.3 Å². The zero-order chi connectivity index (χ0) is 18.7. The van der Waals surface area contributed by atoms with Gasteiger partial charge in [-0.25, -0.2) is 8.42 Å². The number of carbonyl (C=O) groups excluding carboxylic acids is 1. The molecule has 0 spiro atoms. The van der Waals surface area contributed by atoms with E-state index < -0.39 is 10.0 Å². The normalized spacial score (nSPS) is 15.6. The van der Waals surface area contributed by atoms with Crippen molar-refractivity contribution in [3.63, 3.8) is 0 Å². The van der Waals surface area contributed by atoms with Crippen molar-refractivity contribution in [2.45, 2.75) is 11.8 Å². The van der Waals surface area contributed by atoms with Crippen LogP contribution in [0.15, 0.2) is 47.4 Å². The molecule has 0 radical (unpaired) electrons. The highest BCUT2D eigenvalue weighted by Gasteiger charge is 2.27. The molecular formula is C18H19IN2O4S. The van der Waals surface area contributed by atoms with Crippen LogP contribution in [-0.4, -0.2) is 44.9 Å². The number of carbonyl (C=O) groups is 1. The summed E-state index contributed by atoms with van der Waals surface area (Å²) in [7, 11) is -3.61. The van der Waals surface area contributed by atoms with Crippen LogP contribution in [0.5, 0.6) is 0 Å². The largest absolute Gasteiger partial charge is 0.379 e. The molecular weight excluding hydrogens is 467 g/mol. The van der Waals surface area contributed by atoms with Crippen molar-refractivity contribution in [3.8, 4) is 0 Å². The lowest BCUT2D eigenvalue weighted by Gasteiger charge is -2.26. The van der Waals surface area contributed by atoms with Gasteiger partial charge >= 0.3 is 0 Å². The van der Waals surface area contributed by atoms with E-state index in [0.717, 1.165) is 9.13 Å². The maximum atomic E-state index is 12.8. The number of benzene rings is 2. The number of hydrogen-bond acceptors (Lipinski definition) is 4. The van der Waals surface area contributed by atoms with Crippen LogP contribution in [0.25, 0.3) is 0 Å². The Hall–Kier alpha value is -1.49. The van der Waals surface area contributed by atoms with Gasteiger partial charge in [0.25, 0.3) is 5.91 Å². The molecule has 0 bridgehead atoms. The van der Waals surface area contributed by atoms with E-state index in [2.05, 4.69) is 27.9 Å². The summed E-state index contributed by atoms with van der Waals surface area (Å²) in [5, 5.41) is 2.83. The summed E-state index contributed by atoms with van der Waals surface area (Å²) in [4.78, 5) is 12.7. The summed E-state index contributed by atoms with van der Waals surface area (Å²) in [5.41, 5.74) is 1.84. The van der Waals surface area contributed by atoms with Crippen LogP contribution < -0.4 is 5.32 Å². The van der Waals surface area contributed by atoms with Crippen molar-refractivity contribution in [1.29, 1.82) is 0 Å². The second-order valence-corrected chi connectivity index (χ2v) is 9.03. The Kier molecular flexibility index (Phi) is 5.96. The van der Waals surface area contributed by atoms with Gasteiger partial charge in [0, 0.05) is 22.3 Å². The predicted octanol–water partition coefficient (Wildman–Crippen LogP) is 2.87. The molecule has 1 heterocycles. The molecule has 1 fully saturated rings. The SMILES string of the molecule is Cc1ccc(S(=O)(=O)N2CCOCC2)cc1NC(=O)c1ccccc1I. The molecule has 26 heavy (non-hydrogen) atoms. The predicted molar refractivity (Wildman–Crippen MR) is 108 cm³/mol. The number of ether oxygens (including phenoxy) is 1. The van der Waals surface area contributed by atoms with Crippen molar-refractivity contribution in [2.75, 3.05) is 31.6 Å². The molecule has 8 heteroatoms. The van der Waals surface area contributed by atoms with Crippen LogP contribution in [0, 0.1) is 10.5 Å². The molecule has 1 amide bonds. The summed E-state index contributed by atoms with van der Waals surface area (Å²) < 4.78 is 33.1. The zero-order valence-electron chi connectivity index (χ0n) is 14.2. The Labute approximate surface area is 166 Å². The van der Waals surface area contributed by atoms with Crippen molar-refractivity contribution in [2.24, 2.45) is 0 Å². The highest BCUT2D eigenvalue weighted by molar-refractivity contribution is 14.1. The fourth-order valence-electron chi connectivity index (χ4n) is 2.67. The lowest BCUT2D eigenvalue weighted by Crippen LogP contribution is -2.40. The van der Waals surface area contributed by atoms with E-state index in [1.165, 1.54) is 10.4 Å². The second-order valence-electron chi connectivity index (χ2n) is 5.93. The topological polar surface area (TPSA) is 75.7 Å². The maximum Gasteiger partial charge on any atom is 0.256 e. The molecule has 0 atom stereocenters. The minimum atomic E-state index is -3.61. The van der Waals surface area contributed by atoms with E-state index in [1.807, 2.05) is 19.1 Å². The number of nitrogens with zero attached hydrogens (tertiary/aromatic N) is 1. The average Bonchev–Trinajstić information content (AvgIpc) is 2.64. The summed E-state index contributed by atoms with van der Waals surface area (Å²) in [6.07, 6.45) is 0. The molecule has 6 nitrogen and oxygen atoms in total. The van der Waals surface area contributed by atoms with Crippen LogP contribution in [0.3, 0.4) is 0 Å². The minimum Gasteiger partial charge on any atom is -0.379 e. The third-order valence-corrected chi connectivity index (χ3v) is 7.02. The van der Waals surface area contributed by atoms with Crippen molar-refractivity contribution >= 4 is 44.2 Å². The molecule has 0 aromatic heterocycles. The molecule has 1 N–H and O–H groups in total. The molecule has 138 valence electrons. The van der Waals surface area contributed by atoms with Gasteiger partial charge in [-0.15, -0.1) is 0 Å². The van der Waals surface area contributed by atoms with Crippen LogP contribution >= 0.6 is 22.6 Å². The first-order chi connectivity index (χ1) is 12.4. The number of sulfonamides is 1. The molecule has 2 aromatic carbocycles. The third kappa shape index (κ3) is 4.08. The lowest BCUT2D eigenvalue weighted by molar-refractivity contribution is 0.0730. The Morgan fingerprint density at radius 1 is 1.15 bits per heavy atom. The average molecular weight is 486 g/mol. The highest BCUT2D eigenvalue weighted by Crippen LogP contribution is 2.24. The summed E-state index contributed by atoms with van der Waals surface area (Å²) in [5.74, 6) is -0.265. The maximum absolute atomic E-state index is 12.8. The van der Waals surface area contributed by atoms with Gasteiger partial charge in [-0.2, -0.15) is 4.31 Å². The fourth-order valence-corrected chi connectivity index (χ4v) is 4.73. The number of halogens is 1. The van der Waals surface area contributed by atoms with Crippen molar-refractivity contribution in [1.82, 2.24) is 4.31 Å². The first-order valence-corrected chi connectivity index (χ1v) is 10.7. The molecule has 1 aliphatic rings. The number of morpholine rings is 1. The molecule has 2 aromatic rings. The quantitative estimate of drug-likeness (QED) is 0.675. The molecule has 1 saturated heterocycles. The Morgan fingerprint density at radius 2 is 1.85 bits per heavy atom. The van der Waals surface area contributed by atoms with E-state index in [0.29, 0.717) is 37.6 Å². The minimum absolute atomic E-state index is 0.169. The van der Waals surface area contributed by atoms with Crippen LogP contribution in [0.4, 0.5) is 5.69 Å². The van der Waals surface area contributed by atoms with E-state index in [-0.39, 0.29) is 10.8 Å². The molecule has 1 aliphatic heterocycles. The number of hydrogen-bond donors (Lipinski definition) is 1. The third-order valence-electron chi connectivity index (χ3n) is 4.18. The lowest BCUT2D eigenvalue weighted by atomic mass is 10.1. The van der Waals surface area contributed by atoms with Gasteiger partial charge in [0.15, 0.2) is 0 Å². The summed E-state index contributed by atoms with van der Waals surface area (Å²) in [6, 6.07) is 12.0. The molecule has 0 unspecified atom stereocenters. The van der Waals surface area contributed by atoms with Crippen molar-refractivity contribution in [3.05, 3.63) is 57.2 Å². The van der Waals surface area contributed by atoms with Gasteiger partial charge < -0.3 is 10.1 Å².